The van der Waals surface area contributed by atoms with Crippen LogP contribution in [0.3, 0.4) is 0 Å². The number of hydrogen-bond donors (Lipinski definition) is 0. The number of aliphatic imine (C=N–C) groups is 1. The van der Waals surface area contributed by atoms with E-state index in [1.54, 1.807) is 6.26 Å². The number of furan rings is 1. The Labute approximate surface area is 59.6 Å². The first-order chi connectivity index (χ1) is 4.86. The minimum atomic E-state index is 0.527. The van der Waals surface area contributed by atoms with Gasteiger partial charge in [-0.2, -0.15) is 0 Å². The van der Waals surface area contributed by atoms with Crippen molar-refractivity contribution in [1.29, 1.82) is 0 Å². The minimum Gasteiger partial charge on any atom is -0.467 e. The lowest BCUT2D eigenvalue weighted by Crippen LogP contribution is -2.03. The van der Waals surface area contributed by atoms with Crippen molar-refractivity contribution in [3.63, 3.8) is 0 Å². The highest BCUT2D eigenvalue weighted by Crippen LogP contribution is 2.26. The third-order valence-corrected chi connectivity index (χ3v) is 1.70. The van der Waals surface area contributed by atoms with Crippen LogP contribution < -0.4 is 0 Å². The Hall–Kier alpha value is -1.05. The molecule has 0 saturated heterocycles. The van der Waals surface area contributed by atoms with Crippen molar-refractivity contribution in [2.45, 2.75) is 13.3 Å². The van der Waals surface area contributed by atoms with E-state index in [2.05, 4.69) is 11.9 Å². The minimum absolute atomic E-state index is 0.527. The molecular formula is C8H9NO. The number of rotatable bonds is 0. The van der Waals surface area contributed by atoms with Gasteiger partial charge in [-0.05, 0) is 5.92 Å². The second kappa shape index (κ2) is 1.97. The smallest absolute Gasteiger partial charge is 0.129 e. The van der Waals surface area contributed by atoms with Crippen LogP contribution in [0.2, 0.25) is 0 Å². The van der Waals surface area contributed by atoms with Crippen molar-refractivity contribution < 1.29 is 4.42 Å². The predicted octanol–water partition coefficient (Wildman–Crippen LogP) is 2.17. The summed E-state index contributed by atoms with van der Waals surface area (Å²) >= 11 is 0. The summed E-state index contributed by atoms with van der Waals surface area (Å²) in [5.41, 5.74) is 0.998. The maximum atomic E-state index is 5.21. The molecule has 1 unspecified atom stereocenters. The SMILES string of the molecule is CC1C=Nc2ccoc2C1. The standard InChI is InChI=1S/C8H9NO/c1-6-4-8-7(9-5-6)2-3-10-8/h2-3,5-6H,4H2,1H3. The van der Waals surface area contributed by atoms with Gasteiger partial charge in [0.15, 0.2) is 0 Å². The van der Waals surface area contributed by atoms with Crippen LogP contribution in [-0.2, 0) is 6.42 Å². The van der Waals surface area contributed by atoms with E-state index < -0.39 is 0 Å². The monoisotopic (exact) mass is 135 g/mol. The Bertz CT molecular complexity index is 262. The van der Waals surface area contributed by atoms with Crippen molar-refractivity contribution in [3.05, 3.63) is 18.1 Å². The second-order valence-electron chi connectivity index (χ2n) is 2.69. The lowest BCUT2D eigenvalue weighted by atomic mass is 10.1. The van der Waals surface area contributed by atoms with Crippen LogP contribution in [0.25, 0.3) is 0 Å². The van der Waals surface area contributed by atoms with Crippen LogP contribution in [-0.4, -0.2) is 6.21 Å². The first kappa shape index (κ1) is 5.71. The Morgan fingerprint density at radius 2 is 2.60 bits per heavy atom. The molecule has 2 nitrogen and oxygen atoms in total. The molecule has 0 N–H and O–H groups in total. The van der Waals surface area contributed by atoms with Gasteiger partial charge in [0, 0.05) is 18.7 Å². The number of hydrogen-bond acceptors (Lipinski definition) is 2. The van der Waals surface area contributed by atoms with Gasteiger partial charge in [-0.25, -0.2) is 0 Å². The normalized spacial score (nSPS) is 22.7. The van der Waals surface area contributed by atoms with Crippen molar-refractivity contribution in [1.82, 2.24) is 0 Å². The number of fused-ring (bicyclic) bond motifs is 1. The summed E-state index contributed by atoms with van der Waals surface area (Å²) < 4.78 is 5.21. The van der Waals surface area contributed by atoms with Gasteiger partial charge < -0.3 is 4.42 Å². The molecule has 2 rings (SSSR count). The maximum absolute atomic E-state index is 5.21. The first-order valence-electron chi connectivity index (χ1n) is 3.47. The topological polar surface area (TPSA) is 25.5 Å². The van der Waals surface area contributed by atoms with Gasteiger partial charge in [0.25, 0.3) is 0 Å². The van der Waals surface area contributed by atoms with Crippen molar-refractivity contribution in [3.8, 4) is 0 Å². The van der Waals surface area contributed by atoms with Crippen LogP contribution >= 0.6 is 0 Å². The Balaban J connectivity index is 2.43. The fraction of sp³-hybridized carbons (Fsp3) is 0.375. The van der Waals surface area contributed by atoms with E-state index in [0.29, 0.717) is 5.92 Å². The Morgan fingerprint density at radius 3 is 3.50 bits per heavy atom. The molecule has 1 aliphatic rings. The average molecular weight is 135 g/mol. The summed E-state index contributed by atoms with van der Waals surface area (Å²) in [5.74, 6) is 1.55. The van der Waals surface area contributed by atoms with E-state index in [4.69, 9.17) is 4.42 Å². The average Bonchev–Trinajstić information content (AvgIpc) is 2.33. The summed E-state index contributed by atoms with van der Waals surface area (Å²) in [6.45, 7) is 2.13. The van der Waals surface area contributed by atoms with E-state index in [1.807, 2.05) is 12.3 Å². The maximum Gasteiger partial charge on any atom is 0.129 e. The third-order valence-electron chi connectivity index (χ3n) is 1.70. The van der Waals surface area contributed by atoms with Crippen LogP contribution in [0.5, 0.6) is 0 Å². The summed E-state index contributed by atoms with van der Waals surface area (Å²) in [4.78, 5) is 4.22. The quantitative estimate of drug-likeness (QED) is 0.535. The highest BCUT2D eigenvalue weighted by molar-refractivity contribution is 5.69. The van der Waals surface area contributed by atoms with E-state index >= 15 is 0 Å². The van der Waals surface area contributed by atoms with Crippen molar-refractivity contribution >= 4 is 11.9 Å². The van der Waals surface area contributed by atoms with Gasteiger partial charge in [0.05, 0.1) is 6.26 Å². The van der Waals surface area contributed by atoms with Crippen LogP contribution in [0.4, 0.5) is 5.69 Å². The molecule has 2 heteroatoms. The first-order valence-corrected chi connectivity index (χ1v) is 3.47. The second-order valence-corrected chi connectivity index (χ2v) is 2.69. The Morgan fingerprint density at radius 1 is 1.70 bits per heavy atom. The summed E-state index contributed by atoms with van der Waals surface area (Å²) in [6.07, 6.45) is 4.66. The molecule has 0 bridgehead atoms. The molecule has 0 fully saturated rings. The van der Waals surface area contributed by atoms with Gasteiger partial charge >= 0.3 is 0 Å². The van der Waals surface area contributed by atoms with E-state index in [1.165, 1.54) is 0 Å². The zero-order valence-electron chi connectivity index (χ0n) is 5.87. The molecule has 0 aliphatic carbocycles. The zero-order valence-corrected chi connectivity index (χ0v) is 5.87. The van der Waals surface area contributed by atoms with E-state index in [-0.39, 0.29) is 0 Å². The van der Waals surface area contributed by atoms with Gasteiger partial charge in [0.2, 0.25) is 0 Å². The molecule has 1 aliphatic heterocycles. The highest BCUT2D eigenvalue weighted by Gasteiger charge is 2.12. The van der Waals surface area contributed by atoms with E-state index in [0.717, 1.165) is 17.9 Å². The number of nitrogens with zero attached hydrogens (tertiary/aromatic N) is 1. The molecule has 1 aromatic rings. The third kappa shape index (κ3) is 0.764. The van der Waals surface area contributed by atoms with E-state index in [9.17, 15) is 0 Å². The van der Waals surface area contributed by atoms with Crippen molar-refractivity contribution in [2.24, 2.45) is 10.9 Å². The summed E-state index contributed by atoms with van der Waals surface area (Å²) in [6, 6.07) is 1.90. The predicted molar refractivity (Wildman–Crippen MR) is 39.7 cm³/mol. The lowest BCUT2D eigenvalue weighted by molar-refractivity contribution is 0.491. The Kier molecular flexibility index (Phi) is 1.13. The lowest BCUT2D eigenvalue weighted by Gasteiger charge is -2.07. The van der Waals surface area contributed by atoms with Gasteiger partial charge in [-0.3, -0.25) is 4.99 Å². The fourth-order valence-electron chi connectivity index (χ4n) is 1.15. The molecule has 0 saturated carbocycles. The van der Waals surface area contributed by atoms with Gasteiger partial charge in [-0.15, -0.1) is 0 Å². The highest BCUT2D eigenvalue weighted by atomic mass is 16.3. The molecule has 1 aromatic heterocycles. The molecule has 1 atom stereocenters. The molecule has 0 radical (unpaired) electrons. The van der Waals surface area contributed by atoms with Crippen molar-refractivity contribution in [2.75, 3.05) is 0 Å². The molecule has 52 valence electrons. The molecular weight excluding hydrogens is 126 g/mol. The van der Waals surface area contributed by atoms with Crippen LogP contribution in [0.15, 0.2) is 21.7 Å². The molecule has 2 heterocycles. The summed E-state index contributed by atoms with van der Waals surface area (Å²) in [5, 5.41) is 0. The molecule has 0 spiro atoms. The summed E-state index contributed by atoms with van der Waals surface area (Å²) in [7, 11) is 0. The molecule has 10 heavy (non-hydrogen) atoms. The molecule has 0 amide bonds. The zero-order chi connectivity index (χ0) is 6.97. The fourth-order valence-corrected chi connectivity index (χ4v) is 1.15. The van der Waals surface area contributed by atoms with Gasteiger partial charge in [0.1, 0.15) is 11.4 Å². The largest absolute Gasteiger partial charge is 0.467 e. The van der Waals surface area contributed by atoms with Crippen LogP contribution in [0.1, 0.15) is 12.7 Å². The van der Waals surface area contributed by atoms with Crippen LogP contribution in [0, 0.1) is 5.92 Å². The molecule has 0 aromatic carbocycles. The van der Waals surface area contributed by atoms with Gasteiger partial charge in [-0.1, -0.05) is 6.92 Å².